The molecule has 0 amide bonds. The van der Waals surface area contributed by atoms with Crippen LogP contribution in [0.1, 0.15) is 27.7 Å². The third-order valence-corrected chi connectivity index (χ3v) is 0.994. The molecule has 0 aliphatic heterocycles. The van der Waals surface area contributed by atoms with Gasteiger partial charge in [0.15, 0.2) is 0 Å². The van der Waals surface area contributed by atoms with E-state index >= 15 is 0 Å². The molecule has 2 nitrogen and oxygen atoms in total. The fourth-order valence-electron chi connectivity index (χ4n) is 0.728. The molecule has 0 aliphatic carbocycles. The molecule has 0 aliphatic rings. The fraction of sp³-hybridized carbons (Fsp3) is 0.875. The number of nitrogens with zero attached hydrogens (tertiary/aromatic N) is 1. The quantitative estimate of drug-likeness (QED) is 0.551. The summed E-state index contributed by atoms with van der Waals surface area (Å²) in [5.74, 6) is 0. The first kappa shape index (κ1) is 9.63. The van der Waals surface area contributed by atoms with Crippen LogP contribution in [0.15, 0.2) is 4.99 Å². The Kier molecular flexibility index (Phi) is 5.22. The molecule has 0 bridgehead atoms. The minimum Gasteiger partial charge on any atom is -0.376 e. The van der Waals surface area contributed by atoms with Crippen LogP contribution in [-0.4, -0.2) is 25.0 Å². The van der Waals surface area contributed by atoms with Crippen molar-refractivity contribution < 1.29 is 4.74 Å². The number of aliphatic imine (C=N–C) groups is 1. The molecule has 60 valence electrons. The minimum atomic E-state index is 0.389. The molecule has 2 heteroatoms. The minimum absolute atomic E-state index is 0.389. The van der Waals surface area contributed by atoms with E-state index in [-0.39, 0.29) is 0 Å². The summed E-state index contributed by atoms with van der Waals surface area (Å²) in [5.41, 5.74) is 1.08. The highest BCUT2D eigenvalue weighted by molar-refractivity contribution is 5.83. The van der Waals surface area contributed by atoms with Gasteiger partial charge in [0.05, 0.1) is 6.61 Å². The third kappa shape index (κ3) is 5.76. The van der Waals surface area contributed by atoms with E-state index in [0.717, 1.165) is 12.3 Å². The van der Waals surface area contributed by atoms with E-state index in [0.29, 0.717) is 12.6 Å². The summed E-state index contributed by atoms with van der Waals surface area (Å²) in [5, 5.41) is 0. The maximum atomic E-state index is 5.17. The lowest BCUT2D eigenvalue weighted by molar-refractivity contribution is 0.187. The summed E-state index contributed by atoms with van der Waals surface area (Å²) in [6.07, 6.45) is 0. The standard InChI is InChI=1S/C8H17NO/c1-5-10-6-8(4)9-7(2)3/h7H,5-6H2,1-4H3. The maximum absolute atomic E-state index is 5.17. The molecule has 0 radical (unpaired) electrons. The van der Waals surface area contributed by atoms with Gasteiger partial charge >= 0.3 is 0 Å². The van der Waals surface area contributed by atoms with Gasteiger partial charge < -0.3 is 4.74 Å². The first-order valence-electron chi connectivity index (χ1n) is 3.77. The lowest BCUT2D eigenvalue weighted by Gasteiger charge is -2.02. The number of ether oxygens (including phenoxy) is 1. The molecule has 0 aromatic heterocycles. The lowest BCUT2D eigenvalue weighted by atomic mass is 10.4. The van der Waals surface area contributed by atoms with Crippen LogP contribution in [0.4, 0.5) is 0 Å². The molecule has 0 heterocycles. The van der Waals surface area contributed by atoms with Gasteiger partial charge in [0.1, 0.15) is 0 Å². The van der Waals surface area contributed by atoms with Crippen molar-refractivity contribution in [3.8, 4) is 0 Å². The lowest BCUT2D eigenvalue weighted by Crippen LogP contribution is -2.07. The Bertz CT molecular complexity index is 108. The van der Waals surface area contributed by atoms with Crippen LogP contribution >= 0.6 is 0 Å². The summed E-state index contributed by atoms with van der Waals surface area (Å²) in [6.45, 7) is 9.56. The molecule has 0 unspecified atom stereocenters. The van der Waals surface area contributed by atoms with E-state index in [1.54, 1.807) is 0 Å². The molecule has 10 heavy (non-hydrogen) atoms. The normalized spacial score (nSPS) is 12.7. The van der Waals surface area contributed by atoms with E-state index in [4.69, 9.17) is 4.74 Å². The van der Waals surface area contributed by atoms with Crippen molar-refractivity contribution in [3.05, 3.63) is 0 Å². The van der Waals surface area contributed by atoms with E-state index < -0.39 is 0 Å². The van der Waals surface area contributed by atoms with Crippen LogP contribution in [-0.2, 0) is 4.74 Å². The predicted molar refractivity (Wildman–Crippen MR) is 44.7 cm³/mol. The molecule has 0 fully saturated rings. The molecule has 0 spiro atoms. The van der Waals surface area contributed by atoms with Gasteiger partial charge in [-0.05, 0) is 27.7 Å². The van der Waals surface area contributed by atoms with Crippen LogP contribution < -0.4 is 0 Å². The van der Waals surface area contributed by atoms with E-state index in [9.17, 15) is 0 Å². The molecular formula is C8H17NO. The van der Waals surface area contributed by atoms with Crippen molar-refractivity contribution in [1.82, 2.24) is 0 Å². The summed E-state index contributed by atoms with van der Waals surface area (Å²) in [7, 11) is 0. The van der Waals surface area contributed by atoms with Gasteiger partial charge in [0.2, 0.25) is 0 Å². The zero-order valence-corrected chi connectivity index (χ0v) is 7.35. The summed E-state index contributed by atoms with van der Waals surface area (Å²) in [6, 6.07) is 0.389. The van der Waals surface area contributed by atoms with E-state index in [1.165, 1.54) is 0 Å². The van der Waals surface area contributed by atoms with Crippen molar-refractivity contribution in [2.24, 2.45) is 4.99 Å². The molecule has 0 aromatic rings. The molecule has 0 N–H and O–H groups in total. The summed E-state index contributed by atoms with van der Waals surface area (Å²) >= 11 is 0. The van der Waals surface area contributed by atoms with Crippen molar-refractivity contribution >= 4 is 5.71 Å². The van der Waals surface area contributed by atoms with Crippen LogP contribution in [0.3, 0.4) is 0 Å². The predicted octanol–water partition coefficient (Wildman–Crippen LogP) is 1.89. The van der Waals surface area contributed by atoms with E-state index in [2.05, 4.69) is 18.8 Å². The molecule has 0 saturated heterocycles. The van der Waals surface area contributed by atoms with Crippen molar-refractivity contribution in [1.29, 1.82) is 0 Å². The summed E-state index contributed by atoms with van der Waals surface area (Å²) in [4.78, 5) is 4.31. The second-order valence-electron chi connectivity index (χ2n) is 2.60. The Labute approximate surface area is 63.3 Å². The highest BCUT2D eigenvalue weighted by Crippen LogP contribution is 1.88. The maximum Gasteiger partial charge on any atom is 0.0841 e. The van der Waals surface area contributed by atoms with Crippen LogP contribution in [0.25, 0.3) is 0 Å². The van der Waals surface area contributed by atoms with Crippen molar-refractivity contribution in [2.45, 2.75) is 33.7 Å². The molecular weight excluding hydrogens is 126 g/mol. The van der Waals surface area contributed by atoms with Crippen LogP contribution in [0.5, 0.6) is 0 Å². The Morgan fingerprint density at radius 2 is 2.10 bits per heavy atom. The Morgan fingerprint density at radius 3 is 2.50 bits per heavy atom. The Balaban J connectivity index is 3.49. The van der Waals surface area contributed by atoms with Gasteiger partial charge in [0.25, 0.3) is 0 Å². The number of rotatable bonds is 4. The monoisotopic (exact) mass is 143 g/mol. The van der Waals surface area contributed by atoms with Gasteiger partial charge in [-0.3, -0.25) is 4.99 Å². The SMILES string of the molecule is CCOCC(C)=NC(C)C. The molecule has 0 atom stereocenters. The largest absolute Gasteiger partial charge is 0.376 e. The zero-order chi connectivity index (χ0) is 7.98. The van der Waals surface area contributed by atoms with Crippen molar-refractivity contribution in [3.63, 3.8) is 0 Å². The average molecular weight is 143 g/mol. The van der Waals surface area contributed by atoms with Gasteiger partial charge in [-0.15, -0.1) is 0 Å². The molecule has 0 aromatic carbocycles. The second-order valence-corrected chi connectivity index (χ2v) is 2.60. The zero-order valence-electron chi connectivity index (χ0n) is 7.35. The number of hydrogen-bond acceptors (Lipinski definition) is 2. The summed E-state index contributed by atoms with van der Waals surface area (Å²) < 4.78 is 5.17. The van der Waals surface area contributed by atoms with Gasteiger partial charge in [-0.25, -0.2) is 0 Å². The third-order valence-electron chi connectivity index (χ3n) is 0.994. The topological polar surface area (TPSA) is 21.6 Å². The highest BCUT2D eigenvalue weighted by atomic mass is 16.5. The van der Waals surface area contributed by atoms with Crippen LogP contribution in [0, 0.1) is 0 Å². The average Bonchev–Trinajstić information content (AvgIpc) is 1.82. The van der Waals surface area contributed by atoms with Crippen LogP contribution in [0.2, 0.25) is 0 Å². The number of hydrogen-bond donors (Lipinski definition) is 0. The van der Waals surface area contributed by atoms with Gasteiger partial charge in [-0.1, -0.05) is 0 Å². The second kappa shape index (κ2) is 5.42. The fourth-order valence-corrected chi connectivity index (χ4v) is 0.728. The van der Waals surface area contributed by atoms with E-state index in [1.807, 2.05) is 13.8 Å². The Hall–Kier alpha value is -0.370. The first-order valence-corrected chi connectivity index (χ1v) is 3.77. The first-order chi connectivity index (χ1) is 4.66. The van der Waals surface area contributed by atoms with Gasteiger partial charge in [-0.2, -0.15) is 0 Å². The van der Waals surface area contributed by atoms with Crippen molar-refractivity contribution in [2.75, 3.05) is 13.2 Å². The van der Waals surface area contributed by atoms with Gasteiger partial charge in [0, 0.05) is 18.4 Å². The smallest absolute Gasteiger partial charge is 0.0841 e. The molecule has 0 saturated carbocycles. The highest BCUT2D eigenvalue weighted by Gasteiger charge is 1.91. The Morgan fingerprint density at radius 1 is 1.50 bits per heavy atom. The molecule has 0 rings (SSSR count).